The number of hydrogen-bond acceptors (Lipinski definition) is 3. The molecule has 7 nitrogen and oxygen atoms in total. The van der Waals surface area contributed by atoms with Crippen molar-refractivity contribution in [1.82, 2.24) is 20.9 Å². The molecule has 0 atom stereocenters. The van der Waals surface area contributed by atoms with E-state index in [4.69, 9.17) is 0 Å². The van der Waals surface area contributed by atoms with E-state index in [0.717, 1.165) is 31.0 Å². The van der Waals surface area contributed by atoms with Crippen molar-refractivity contribution >= 4 is 17.8 Å². The number of aliphatic imine (C=N–C) groups is 1. The summed E-state index contributed by atoms with van der Waals surface area (Å²) in [6.45, 7) is 5.29. The normalized spacial score (nSPS) is 14.2. The molecule has 158 valence electrons. The molecule has 1 aliphatic rings. The predicted molar refractivity (Wildman–Crippen MR) is 118 cm³/mol. The zero-order valence-corrected chi connectivity index (χ0v) is 17.4. The Morgan fingerprint density at radius 3 is 2.53 bits per heavy atom. The van der Waals surface area contributed by atoms with Crippen molar-refractivity contribution in [1.29, 1.82) is 0 Å². The number of carbonyl (C=O) groups is 2. The summed E-state index contributed by atoms with van der Waals surface area (Å²) in [4.78, 5) is 30.2. The molecule has 0 aliphatic carbocycles. The molecule has 1 aliphatic heterocycles. The number of carbonyl (C=O) groups excluding carboxylic acids is 2. The van der Waals surface area contributed by atoms with Crippen LogP contribution < -0.4 is 16.0 Å². The van der Waals surface area contributed by atoms with Crippen LogP contribution in [0.4, 0.5) is 0 Å². The second-order valence-electron chi connectivity index (χ2n) is 7.13. The number of amides is 2. The third-order valence-electron chi connectivity index (χ3n) is 4.84. The van der Waals surface area contributed by atoms with Gasteiger partial charge >= 0.3 is 0 Å². The maximum absolute atomic E-state index is 12.5. The van der Waals surface area contributed by atoms with Gasteiger partial charge in [-0.2, -0.15) is 0 Å². The van der Waals surface area contributed by atoms with Gasteiger partial charge in [-0.25, -0.2) is 4.99 Å². The highest BCUT2D eigenvalue weighted by molar-refractivity contribution is 5.97. The summed E-state index contributed by atoms with van der Waals surface area (Å²) >= 11 is 0. The van der Waals surface area contributed by atoms with Crippen molar-refractivity contribution < 1.29 is 9.59 Å². The van der Waals surface area contributed by atoms with Crippen molar-refractivity contribution in [3.05, 3.63) is 71.3 Å². The molecule has 0 bridgehead atoms. The van der Waals surface area contributed by atoms with E-state index in [-0.39, 0.29) is 18.4 Å². The van der Waals surface area contributed by atoms with Gasteiger partial charge in [0, 0.05) is 31.7 Å². The van der Waals surface area contributed by atoms with Crippen LogP contribution in [0, 0.1) is 0 Å². The van der Waals surface area contributed by atoms with Gasteiger partial charge in [0.1, 0.15) is 0 Å². The smallest absolute Gasteiger partial charge is 0.254 e. The highest BCUT2D eigenvalue weighted by Crippen LogP contribution is 2.10. The minimum atomic E-state index is -0.115. The number of nitrogens with one attached hydrogen (secondary N) is 3. The van der Waals surface area contributed by atoms with Gasteiger partial charge in [-0.05, 0) is 36.6 Å². The Bertz CT molecular complexity index is 865. The van der Waals surface area contributed by atoms with E-state index < -0.39 is 0 Å². The highest BCUT2D eigenvalue weighted by atomic mass is 16.2. The minimum Gasteiger partial charge on any atom is -0.357 e. The summed E-state index contributed by atoms with van der Waals surface area (Å²) < 4.78 is 0. The zero-order chi connectivity index (χ0) is 21.2. The lowest BCUT2D eigenvalue weighted by atomic mass is 10.1. The molecule has 3 rings (SSSR count). The maximum Gasteiger partial charge on any atom is 0.254 e. The maximum atomic E-state index is 12.5. The first-order valence-electron chi connectivity index (χ1n) is 10.4. The molecule has 1 saturated heterocycles. The van der Waals surface area contributed by atoms with Gasteiger partial charge in [-0.3, -0.25) is 9.59 Å². The summed E-state index contributed by atoms with van der Waals surface area (Å²) in [6, 6.07) is 17.8. The fraction of sp³-hybridized carbons (Fsp3) is 0.348. The molecule has 1 fully saturated rings. The third kappa shape index (κ3) is 6.34. The molecule has 3 N–H and O–H groups in total. The summed E-state index contributed by atoms with van der Waals surface area (Å²) in [5.41, 5.74) is 2.89. The molecule has 0 unspecified atom stereocenters. The number of guanidine groups is 1. The Labute approximate surface area is 177 Å². The van der Waals surface area contributed by atoms with Crippen LogP contribution in [-0.2, 0) is 17.8 Å². The lowest BCUT2D eigenvalue weighted by molar-refractivity contribution is -0.123. The van der Waals surface area contributed by atoms with E-state index in [2.05, 4.69) is 33.1 Å². The Morgan fingerprint density at radius 1 is 1.07 bits per heavy atom. The molecule has 7 heteroatoms. The quantitative estimate of drug-likeness (QED) is 0.480. The molecule has 30 heavy (non-hydrogen) atoms. The lowest BCUT2D eigenvalue weighted by Crippen LogP contribution is -2.49. The van der Waals surface area contributed by atoms with Crippen molar-refractivity contribution in [3.8, 4) is 0 Å². The van der Waals surface area contributed by atoms with Crippen molar-refractivity contribution in [3.63, 3.8) is 0 Å². The van der Waals surface area contributed by atoms with Gasteiger partial charge in [-0.1, -0.05) is 42.5 Å². The third-order valence-corrected chi connectivity index (χ3v) is 4.84. The highest BCUT2D eigenvalue weighted by Gasteiger charge is 2.22. The summed E-state index contributed by atoms with van der Waals surface area (Å²) in [6.07, 6.45) is 0.927. The average molecular weight is 408 g/mol. The Balaban J connectivity index is 1.53. The number of piperazine rings is 1. The SMILES string of the molecule is CCNC(=NCc1ccc(C(=O)N2CCNC(=O)C2)cc1)NCCc1ccccc1. The number of benzene rings is 2. The molecule has 0 radical (unpaired) electrons. The van der Waals surface area contributed by atoms with Gasteiger partial charge < -0.3 is 20.9 Å². The van der Waals surface area contributed by atoms with Crippen LogP contribution in [0.3, 0.4) is 0 Å². The van der Waals surface area contributed by atoms with E-state index in [1.165, 1.54) is 5.56 Å². The first-order chi connectivity index (χ1) is 14.7. The van der Waals surface area contributed by atoms with Crippen LogP contribution in [0.1, 0.15) is 28.4 Å². The van der Waals surface area contributed by atoms with Crippen LogP contribution in [0.25, 0.3) is 0 Å². The van der Waals surface area contributed by atoms with E-state index in [9.17, 15) is 9.59 Å². The average Bonchev–Trinajstić information content (AvgIpc) is 2.78. The van der Waals surface area contributed by atoms with Crippen LogP contribution in [-0.4, -0.2) is 55.4 Å². The number of hydrogen-bond donors (Lipinski definition) is 3. The fourth-order valence-corrected chi connectivity index (χ4v) is 3.23. The molecule has 0 spiro atoms. The van der Waals surface area contributed by atoms with E-state index in [0.29, 0.717) is 25.2 Å². The summed E-state index contributed by atoms with van der Waals surface area (Å²) in [7, 11) is 0. The van der Waals surface area contributed by atoms with E-state index in [1.54, 1.807) is 17.0 Å². The summed E-state index contributed by atoms with van der Waals surface area (Å²) in [5, 5.41) is 9.34. The van der Waals surface area contributed by atoms with Crippen molar-refractivity contribution in [2.45, 2.75) is 19.9 Å². The minimum absolute atomic E-state index is 0.115. The molecule has 1 heterocycles. The standard InChI is InChI=1S/C23H29N5O2/c1-2-24-23(26-13-12-18-6-4-3-5-7-18)27-16-19-8-10-20(11-9-19)22(30)28-15-14-25-21(29)17-28/h3-11H,2,12-17H2,1H3,(H,25,29)(H2,24,26,27). The largest absolute Gasteiger partial charge is 0.357 e. The first-order valence-corrected chi connectivity index (χ1v) is 10.4. The van der Waals surface area contributed by atoms with Crippen molar-refractivity contribution in [2.24, 2.45) is 4.99 Å². The van der Waals surface area contributed by atoms with Crippen LogP contribution in [0.5, 0.6) is 0 Å². The Morgan fingerprint density at radius 2 is 1.83 bits per heavy atom. The van der Waals surface area contributed by atoms with E-state index in [1.807, 2.05) is 37.3 Å². The lowest BCUT2D eigenvalue weighted by Gasteiger charge is -2.26. The topological polar surface area (TPSA) is 85.8 Å². The van der Waals surface area contributed by atoms with Gasteiger partial charge in [0.05, 0.1) is 13.1 Å². The molecular formula is C23H29N5O2. The van der Waals surface area contributed by atoms with Gasteiger partial charge in [0.25, 0.3) is 5.91 Å². The molecule has 2 aromatic carbocycles. The van der Waals surface area contributed by atoms with Crippen LogP contribution in [0.2, 0.25) is 0 Å². The van der Waals surface area contributed by atoms with Gasteiger partial charge in [-0.15, -0.1) is 0 Å². The van der Waals surface area contributed by atoms with E-state index >= 15 is 0 Å². The fourth-order valence-electron chi connectivity index (χ4n) is 3.23. The Kier molecular flexibility index (Phi) is 7.83. The second-order valence-corrected chi connectivity index (χ2v) is 7.13. The first kappa shape index (κ1) is 21.4. The zero-order valence-electron chi connectivity index (χ0n) is 17.4. The predicted octanol–water partition coefficient (Wildman–Crippen LogP) is 1.56. The van der Waals surface area contributed by atoms with Gasteiger partial charge in [0.2, 0.25) is 5.91 Å². The molecule has 2 amide bonds. The van der Waals surface area contributed by atoms with Gasteiger partial charge in [0.15, 0.2) is 5.96 Å². The Hall–Kier alpha value is -3.35. The number of nitrogens with zero attached hydrogens (tertiary/aromatic N) is 2. The van der Waals surface area contributed by atoms with Crippen LogP contribution >= 0.6 is 0 Å². The molecule has 0 aromatic heterocycles. The number of rotatable bonds is 7. The monoisotopic (exact) mass is 407 g/mol. The second kappa shape index (κ2) is 11.0. The van der Waals surface area contributed by atoms with Crippen LogP contribution in [0.15, 0.2) is 59.6 Å². The molecule has 2 aromatic rings. The molecular weight excluding hydrogens is 378 g/mol. The molecule has 0 saturated carbocycles. The van der Waals surface area contributed by atoms with Crippen molar-refractivity contribution in [2.75, 3.05) is 32.7 Å². The summed E-state index contributed by atoms with van der Waals surface area (Å²) in [5.74, 6) is 0.542.